The summed E-state index contributed by atoms with van der Waals surface area (Å²) in [5.41, 5.74) is 16.9. The Bertz CT molecular complexity index is 2980. The van der Waals surface area contributed by atoms with Crippen LogP contribution >= 0.6 is 0 Å². The number of nitrogens with zero attached hydrogens (tertiary/aromatic N) is 1. The Morgan fingerprint density at radius 1 is 0.373 bits per heavy atom. The Balaban J connectivity index is 1.03. The second kappa shape index (κ2) is 10.9. The van der Waals surface area contributed by atoms with Gasteiger partial charge in [-0.3, -0.25) is 0 Å². The summed E-state index contributed by atoms with van der Waals surface area (Å²) in [6.07, 6.45) is 0. The molecule has 0 spiro atoms. The fourth-order valence-corrected chi connectivity index (χ4v) is 8.55. The van der Waals surface area contributed by atoms with E-state index in [0.717, 1.165) is 38.8 Å². The zero-order chi connectivity index (χ0) is 33.5. The first-order valence-corrected chi connectivity index (χ1v) is 17.6. The summed E-state index contributed by atoms with van der Waals surface area (Å²) in [4.78, 5) is 0. The summed E-state index contributed by atoms with van der Waals surface area (Å²) < 4.78 is 8.65. The summed E-state index contributed by atoms with van der Waals surface area (Å²) in [7, 11) is 0. The Morgan fingerprint density at radius 3 is 1.98 bits per heavy atom. The van der Waals surface area contributed by atoms with Crippen molar-refractivity contribution in [1.29, 1.82) is 0 Å². The van der Waals surface area contributed by atoms with Crippen LogP contribution in [0, 0.1) is 0 Å². The number of hydrogen-bond acceptors (Lipinski definition) is 1. The van der Waals surface area contributed by atoms with Crippen molar-refractivity contribution in [3.05, 3.63) is 199 Å². The molecular formula is C49H31NO. The zero-order valence-electron chi connectivity index (χ0n) is 27.8. The van der Waals surface area contributed by atoms with Gasteiger partial charge in [0.1, 0.15) is 11.2 Å². The maximum Gasteiger partial charge on any atom is 0.136 e. The average Bonchev–Trinajstić information content (AvgIpc) is 3.85. The first-order chi connectivity index (χ1) is 25.3. The zero-order valence-corrected chi connectivity index (χ0v) is 27.8. The van der Waals surface area contributed by atoms with Gasteiger partial charge in [-0.15, -0.1) is 0 Å². The van der Waals surface area contributed by atoms with Crippen molar-refractivity contribution in [3.8, 4) is 39.1 Å². The third-order valence-electron chi connectivity index (χ3n) is 10.9. The molecule has 11 rings (SSSR count). The summed E-state index contributed by atoms with van der Waals surface area (Å²) in [5.74, 6) is 0.253. The van der Waals surface area contributed by atoms with E-state index in [1.54, 1.807) is 0 Å². The molecule has 238 valence electrons. The molecule has 2 heterocycles. The van der Waals surface area contributed by atoms with Crippen LogP contribution in [0.4, 0.5) is 0 Å². The quantitative estimate of drug-likeness (QED) is 0.186. The highest BCUT2D eigenvalue weighted by molar-refractivity contribution is 6.11. The van der Waals surface area contributed by atoms with E-state index in [1.807, 2.05) is 12.1 Å². The SMILES string of the molecule is c1ccc(C2c3ccccc3-c3cc(-c4ccc5c(c4)c4ccccc4n5-c4cccc(-c5ccc6c(c5)oc5ccccc56)c4)ccc32)cc1. The first-order valence-electron chi connectivity index (χ1n) is 17.6. The Labute approximate surface area is 295 Å². The predicted octanol–water partition coefficient (Wildman–Crippen LogP) is 13.2. The van der Waals surface area contributed by atoms with Gasteiger partial charge in [-0.25, -0.2) is 0 Å². The van der Waals surface area contributed by atoms with Crippen molar-refractivity contribution in [2.45, 2.75) is 5.92 Å². The lowest BCUT2D eigenvalue weighted by atomic mass is 9.89. The molecule has 0 radical (unpaired) electrons. The van der Waals surface area contributed by atoms with Crippen LogP contribution in [0.1, 0.15) is 22.6 Å². The molecule has 0 fully saturated rings. The minimum atomic E-state index is 0.253. The Morgan fingerprint density at radius 2 is 1.04 bits per heavy atom. The predicted molar refractivity (Wildman–Crippen MR) is 212 cm³/mol. The fraction of sp³-hybridized carbons (Fsp3) is 0.0204. The molecule has 1 atom stereocenters. The maximum atomic E-state index is 6.24. The van der Waals surface area contributed by atoms with Gasteiger partial charge in [-0.2, -0.15) is 0 Å². The van der Waals surface area contributed by atoms with Gasteiger partial charge in [0.15, 0.2) is 0 Å². The van der Waals surface area contributed by atoms with E-state index in [2.05, 4.69) is 174 Å². The van der Waals surface area contributed by atoms with Crippen molar-refractivity contribution in [2.24, 2.45) is 0 Å². The normalized spacial score (nSPS) is 13.7. The molecule has 51 heavy (non-hydrogen) atoms. The standard InChI is InChI=1S/C49H31NO/c1-2-11-31(12-3-1)49-41-18-5-4-15-37(41)43-28-33(22-25-42(43)49)34-23-26-46-44(29-34)38-16-6-8-19-45(38)50(46)36-14-10-13-32(27-36)35-21-24-40-39-17-7-9-20-47(39)51-48(40)30-35/h1-30,49H. The highest BCUT2D eigenvalue weighted by Gasteiger charge is 2.30. The molecule has 2 nitrogen and oxygen atoms in total. The number of benzene rings is 8. The minimum Gasteiger partial charge on any atom is -0.456 e. The topological polar surface area (TPSA) is 18.1 Å². The molecule has 0 amide bonds. The third kappa shape index (κ3) is 4.30. The molecule has 0 aliphatic heterocycles. The van der Waals surface area contributed by atoms with E-state index in [-0.39, 0.29) is 5.92 Å². The molecular weight excluding hydrogens is 619 g/mol. The van der Waals surface area contributed by atoms with Crippen LogP contribution in [-0.2, 0) is 0 Å². The van der Waals surface area contributed by atoms with Gasteiger partial charge in [0.05, 0.1) is 11.0 Å². The smallest absolute Gasteiger partial charge is 0.136 e. The number of fused-ring (bicyclic) bond motifs is 9. The Kier molecular flexibility index (Phi) is 6.05. The van der Waals surface area contributed by atoms with E-state index in [0.29, 0.717) is 0 Å². The highest BCUT2D eigenvalue weighted by atomic mass is 16.3. The average molecular weight is 650 g/mol. The van der Waals surface area contributed by atoms with Crippen LogP contribution in [0.5, 0.6) is 0 Å². The lowest BCUT2D eigenvalue weighted by molar-refractivity contribution is 0.669. The lowest BCUT2D eigenvalue weighted by Gasteiger charge is -2.14. The number of hydrogen-bond donors (Lipinski definition) is 0. The van der Waals surface area contributed by atoms with Crippen molar-refractivity contribution < 1.29 is 4.42 Å². The van der Waals surface area contributed by atoms with Crippen LogP contribution in [0.25, 0.3) is 82.8 Å². The van der Waals surface area contributed by atoms with Crippen molar-refractivity contribution in [2.75, 3.05) is 0 Å². The fourth-order valence-electron chi connectivity index (χ4n) is 8.55. The molecule has 2 aromatic heterocycles. The number of para-hydroxylation sites is 2. The van der Waals surface area contributed by atoms with E-state index >= 15 is 0 Å². The molecule has 1 unspecified atom stereocenters. The van der Waals surface area contributed by atoms with Crippen molar-refractivity contribution in [1.82, 2.24) is 4.57 Å². The maximum absolute atomic E-state index is 6.24. The van der Waals surface area contributed by atoms with Crippen LogP contribution in [0.15, 0.2) is 186 Å². The molecule has 1 aliphatic carbocycles. The summed E-state index contributed by atoms with van der Waals surface area (Å²) in [6, 6.07) is 66.3. The summed E-state index contributed by atoms with van der Waals surface area (Å²) in [5, 5.41) is 4.80. The van der Waals surface area contributed by atoms with Gasteiger partial charge in [-0.1, -0.05) is 127 Å². The molecule has 0 bridgehead atoms. The van der Waals surface area contributed by atoms with E-state index in [9.17, 15) is 0 Å². The van der Waals surface area contributed by atoms with E-state index < -0.39 is 0 Å². The first kappa shape index (κ1) is 28.2. The second-order valence-electron chi connectivity index (χ2n) is 13.7. The molecule has 10 aromatic rings. The third-order valence-corrected chi connectivity index (χ3v) is 10.9. The van der Waals surface area contributed by atoms with Gasteiger partial charge in [0, 0.05) is 33.2 Å². The largest absolute Gasteiger partial charge is 0.456 e. The molecule has 1 aliphatic rings. The number of rotatable bonds is 4. The van der Waals surface area contributed by atoms with Crippen LogP contribution in [0.2, 0.25) is 0 Å². The summed E-state index contributed by atoms with van der Waals surface area (Å²) in [6.45, 7) is 0. The summed E-state index contributed by atoms with van der Waals surface area (Å²) >= 11 is 0. The monoisotopic (exact) mass is 649 g/mol. The molecule has 0 saturated carbocycles. The van der Waals surface area contributed by atoms with Crippen molar-refractivity contribution in [3.63, 3.8) is 0 Å². The molecule has 0 saturated heterocycles. The minimum absolute atomic E-state index is 0.253. The van der Waals surface area contributed by atoms with Crippen LogP contribution in [-0.4, -0.2) is 4.57 Å². The van der Waals surface area contributed by atoms with Gasteiger partial charge >= 0.3 is 0 Å². The van der Waals surface area contributed by atoms with E-state index in [1.165, 1.54) is 60.8 Å². The van der Waals surface area contributed by atoms with Gasteiger partial charge < -0.3 is 8.98 Å². The number of furan rings is 1. The van der Waals surface area contributed by atoms with Gasteiger partial charge in [-0.05, 0) is 105 Å². The number of aromatic nitrogens is 1. The van der Waals surface area contributed by atoms with Crippen LogP contribution in [0.3, 0.4) is 0 Å². The van der Waals surface area contributed by atoms with Crippen LogP contribution < -0.4 is 0 Å². The lowest BCUT2D eigenvalue weighted by Crippen LogP contribution is -1.98. The Hall–Kier alpha value is -6.64. The highest BCUT2D eigenvalue weighted by Crippen LogP contribution is 2.49. The van der Waals surface area contributed by atoms with E-state index in [4.69, 9.17) is 4.42 Å². The van der Waals surface area contributed by atoms with Crippen molar-refractivity contribution >= 4 is 43.7 Å². The van der Waals surface area contributed by atoms with Gasteiger partial charge in [0.25, 0.3) is 0 Å². The molecule has 8 aromatic carbocycles. The molecule has 2 heteroatoms. The molecule has 0 N–H and O–H groups in total. The second-order valence-corrected chi connectivity index (χ2v) is 13.7. The van der Waals surface area contributed by atoms with Gasteiger partial charge in [0.2, 0.25) is 0 Å².